The molecule has 2 aliphatic heterocycles. The zero-order valence-electron chi connectivity index (χ0n) is 7.82. The van der Waals surface area contributed by atoms with E-state index in [9.17, 15) is 4.79 Å². The van der Waals surface area contributed by atoms with Crippen LogP contribution in [0.25, 0.3) is 0 Å². The molecule has 1 saturated carbocycles. The van der Waals surface area contributed by atoms with E-state index in [1.807, 2.05) is 6.92 Å². The van der Waals surface area contributed by atoms with Crippen LogP contribution in [-0.2, 0) is 9.53 Å². The Morgan fingerprint density at radius 1 is 1.62 bits per heavy atom. The number of ether oxygens (including phenoxy) is 1. The third-order valence-electron chi connectivity index (χ3n) is 3.86. The van der Waals surface area contributed by atoms with Gasteiger partial charge in [-0.1, -0.05) is 19.1 Å². The molecular formula is C11H14O2. The zero-order chi connectivity index (χ0) is 9.05. The van der Waals surface area contributed by atoms with E-state index in [1.54, 1.807) is 0 Å². The van der Waals surface area contributed by atoms with Gasteiger partial charge in [0.05, 0.1) is 17.6 Å². The number of rotatable bonds is 0. The SMILES string of the molecule is C[C@H]1C(=O)[C@@H]2CCC[C@@]23C=C[C@@H]1O3. The van der Waals surface area contributed by atoms with Gasteiger partial charge in [0.1, 0.15) is 5.78 Å². The fraction of sp³-hybridized carbons (Fsp3) is 0.727. The molecule has 0 amide bonds. The largest absolute Gasteiger partial charge is 0.362 e. The molecule has 1 spiro atoms. The predicted octanol–water partition coefficient (Wildman–Crippen LogP) is 1.70. The van der Waals surface area contributed by atoms with E-state index in [1.165, 1.54) is 0 Å². The van der Waals surface area contributed by atoms with E-state index in [-0.39, 0.29) is 23.5 Å². The van der Waals surface area contributed by atoms with Gasteiger partial charge in [-0.2, -0.15) is 0 Å². The molecule has 2 heterocycles. The molecule has 70 valence electrons. The van der Waals surface area contributed by atoms with Crippen molar-refractivity contribution in [1.82, 2.24) is 0 Å². The Bertz CT molecular complexity index is 294. The molecule has 0 N–H and O–H groups in total. The van der Waals surface area contributed by atoms with Crippen molar-refractivity contribution in [2.75, 3.05) is 0 Å². The second kappa shape index (κ2) is 2.24. The van der Waals surface area contributed by atoms with E-state index in [4.69, 9.17) is 4.74 Å². The first kappa shape index (κ1) is 7.74. The van der Waals surface area contributed by atoms with Gasteiger partial charge in [-0.15, -0.1) is 0 Å². The number of carbonyl (C=O) groups is 1. The quantitative estimate of drug-likeness (QED) is 0.528. The number of carbonyl (C=O) groups excluding carboxylic acids is 1. The van der Waals surface area contributed by atoms with Gasteiger partial charge in [0.25, 0.3) is 0 Å². The second-order valence-corrected chi connectivity index (χ2v) is 4.53. The standard InChI is InChI=1S/C11H14O2/c1-7-9-4-6-11(13-9)5-2-3-8(11)10(7)12/h4,6-9H,2-3,5H2,1H3/t7-,8+,9+,11-/m1/s1. The molecule has 2 heteroatoms. The van der Waals surface area contributed by atoms with Crippen LogP contribution in [0.15, 0.2) is 12.2 Å². The number of hydrogen-bond acceptors (Lipinski definition) is 2. The monoisotopic (exact) mass is 178 g/mol. The second-order valence-electron chi connectivity index (χ2n) is 4.53. The summed E-state index contributed by atoms with van der Waals surface area (Å²) in [6.07, 6.45) is 7.52. The summed E-state index contributed by atoms with van der Waals surface area (Å²) < 4.78 is 5.96. The maximum Gasteiger partial charge on any atom is 0.144 e. The molecule has 0 aromatic rings. The lowest BCUT2D eigenvalue weighted by atomic mass is 9.81. The molecule has 0 aromatic carbocycles. The van der Waals surface area contributed by atoms with Crippen LogP contribution in [0.2, 0.25) is 0 Å². The number of hydrogen-bond donors (Lipinski definition) is 0. The Kier molecular flexibility index (Phi) is 1.33. The number of fused-ring (bicyclic) bond motifs is 1. The maximum atomic E-state index is 11.9. The van der Waals surface area contributed by atoms with Crippen molar-refractivity contribution < 1.29 is 9.53 Å². The normalized spacial score (nSPS) is 52.7. The molecule has 1 aliphatic carbocycles. The van der Waals surface area contributed by atoms with Crippen LogP contribution in [-0.4, -0.2) is 17.5 Å². The van der Waals surface area contributed by atoms with Crippen LogP contribution in [0.4, 0.5) is 0 Å². The van der Waals surface area contributed by atoms with Gasteiger partial charge >= 0.3 is 0 Å². The Balaban J connectivity index is 2.06. The van der Waals surface area contributed by atoms with Crippen molar-refractivity contribution >= 4 is 5.78 Å². The van der Waals surface area contributed by atoms with Gasteiger partial charge < -0.3 is 4.74 Å². The Morgan fingerprint density at radius 3 is 3.31 bits per heavy atom. The van der Waals surface area contributed by atoms with Gasteiger partial charge in [-0.25, -0.2) is 0 Å². The highest BCUT2D eigenvalue weighted by Gasteiger charge is 2.55. The summed E-state index contributed by atoms with van der Waals surface area (Å²) in [6.45, 7) is 1.99. The van der Waals surface area contributed by atoms with Crippen LogP contribution >= 0.6 is 0 Å². The number of ketones is 1. The van der Waals surface area contributed by atoms with Crippen molar-refractivity contribution in [3.05, 3.63) is 12.2 Å². The lowest BCUT2D eigenvalue weighted by Gasteiger charge is -2.38. The molecule has 4 atom stereocenters. The molecule has 2 bridgehead atoms. The fourth-order valence-electron chi connectivity index (χ4n) is 3.06. The molecule has 2 nitrogen and oxygen atoms in total. The minimum absolute atomic E-state index is 0.0712. The molecule has 13 heavy (non-hydrogen) atoms. The summed E-state index contributed by atoms with van der Waals surface area (Å²) in [7, 11) is 0. The molecule has 0 radical (unpaired) electrons. The van der Waals surface area contributed by atoms with Crippen LogP contribution in [0.5, 0.6) is 0 Å². The average molecular weight is 178 g/mol. The summed E-state index contributed by atoms with van der Waals surface area (Å²) in [4.78, 5) is 11.9. The van der Waals surface area contributed by atoms with Crippen molar-refractivity contribution in [3.63, 3.8) is 0 Å². The van der Waals surface area contributed by atoms with Gasteiger partial charge in [-0.05, 0) is 19.3 Å². The van der Waals surface area contributed by atoms with Gasteiger partial charge in [0.2, 0.25) is 0 Å². The molecule has 3 rings (SSSR count). The van der Waals surface area contributed by atoms with E-state index in [0.29, 0.717) is 5.78 Å². The minimum Gasteiger partial charge on any atom is -0.362 e. The first-order chi connectivity index (χ1) is 6.23. The van der Waals surface area contributed by atoms with Crippen LogP contribution in [0.1, 0.15) is 26.2 Å². The third-order valence-corrected chi connectivity index (χ3v) is 3.86. The lowest BCUT2D eigenvalue weighted by Crippen LogP contribution is -2.48. The first-order valence-corrected chi connectivity index (χ1v) is 5.14. The Morgan fingerprint density at radius 2 is 2.46 bits per heavy atom. The highest BCUT2D eigenvalue weighted by molar-refractivity contribution is 5.87. The van der Waals surface area contributed by atoms with Crippen LogP contribution in [0, 0.1) is 11.8 Å². The molecule has 1 saturated heterocycles. The summed E-state index contributed by atoms with van der Waals surface area (Å²) in [6, 6.07) is 0. The van der Waals surface area contributed by atoms with E-state index < -0.39 is 0 Å². The van der Waals surface area contributed by atoms with Crippen LogP contribution < -0.4 is 0 Å². The Labute approximate surface area is 78.0 Å². The Hall–Kier alpha value is -0.630. The van der Waals surface area contributed by atoms with Crippen molar-refractivity contribution in [3.8, 4) is 0 Å². The molecule has 2 fully saturated rings. The van der Waals surface area contributed by atoms with Crippen molar-refractivity contribution in [2.24, 2.45) is 11.8 Å². The summed E-state index contributed by atoms with van der Waals surface area (Å²) in [5, 5.41) is 0. The van der Waals surface area contributed by atoms with E-state index in [0.717, 1.165) is 19.3 Å². The smallest absolute Gasteiger partial charge is 0.144 e. The average Bonchev–Trinajstić information content (AvgIpc) is 2.70. The highest BCUT2D eigenvalue weighted by Crippen LogP contribution is 2.50. The van der Waals surface area contributed by atoms with Crippen LogP contribution in [0.3, 0.4) is 0 Å². The molecular weight excluding hydrogens is 164 g/mol. The molecule has 0 unspecified atom stereocenters. The summed E-state index contributed by atoms with van der Waals surface area (Å²) >= 11 is 0. The molecule has 3 aliphatic rings. The van der Waals surface area contributed by atoms with E-state index in [2.05, 4.69) is 12.2 Å². The maximum absolute atomic E-state index is 11.9. The van der Waals surface area contributed by atoms with Crippen molar-refractivity contribution in [1.29, 1.82) is 0 Å². The first-order valence-electron chi connectivity index (χ1n) is 5.14. The van der Waals surface area contributed by atoms with Gasteiger partial charge in [0.15, 0.2) is 0 Å². The number of Topliss-reactive ketones (excluding diaryl/α,β-unsaturated/α-hetero) is 1. The van der Waals surface area contributed by atoms with Gasteiger partial charge in [-0.3, -0.25) is 4.79 Å². The third kappa shape index (κ3) is 0.798. The lowest BCUT2D eigenvalue weighted by molar-refractivity contribution is -0.155. The topological polar surface area (TPSA) is 26.3 Å². The zero-order valence-corrected chi connectivity index (χ0v) is 7.82. The molecule has 0 aromatic heterocycles. The van der Waals surface area contributed by atoms with Gasteiger partial charge in [0, 0.05) is 5.92 Å². The summed E-state index contributed by atoms with van der Waals surface area (Å²) in [5.41, 5.74) is -0.172. The summed E-state index contributed by atoms with van der Waals surface area (Å²) in [5.74, 6) is 0.672. The predicted molar refractivity (Wildman–Crippen MR) is 48.3 cm³/mol. The fourth-order valence-corrected chi connectivity index (χ4v) is 3.06. The minimum atomic E-state index is -0.172. The van der Waals surface area contributed by atoms with E-state index >= 15 is 0 Å². The highest BCUT2D eigenvalue weighted by atomic mass is 16.5. The van der Waals surface area contributed by atoms with Crippen molar-refractivity contribution in [2.45, 2.75) is 37.9 Å².